The molecule has 8 heavy (non-hydrogen) atoms. The predicted molar refractivity (Wildman–Crippen MR) is 35.3 cm³/mol. The molecule has 0 bridgehead atoms. The molecular formula is C5H8O2Si. The molecule has 3 heteroatoms. The molecule has 0 aromatic heterocycles. The minimum Gasteiger partial charge on any atom is -0.308 e. The lowest BCUT2D eigenvalue weighted by molar-refractivity contribution is 0.562. The molecule has 0 unspecified atom stereocenters. The first kappa shape index (κ1) is 7.30. The summed E-state index contributed by atoms with van der Waals surface area (Å²) in [7, 11) is -2.27. The first-order valence-electron chi connectivity index (χ1n) is 2.25. The van der Waals surface area contributed by atoms with Gasteiger partial charge < -0.3 is 9.59 Å². The van der Waals surface area contributed by atoms with Gasteiger partial charge in [-0.2, -0.15) is 0 Å². The highest BCUT2D eigenvalue weighted by Gasteiger charge is 2.20. The Morgan fingerprint density at radius 3 is 1.75 bits per heavy atom. The Bertz CT molecular complexity index is 97.8. The third-order valence-electron chi connectivity index (χ3n) is 0.948. The number of hydrogen-bond donors (Lipinski definition) is 0. The smallest absolute Gasteiger partial charge is 0.218 e. The molecule has 0 aliphatic carbocycles. The van der Waals surface area contributed by atoms with Gasteiger partial charge in [0.15, 0.2) is 0 Å². The molecule has 0 saturated heterocycles. The van der Waals surface area contributed by atoms with Crippen molar-refractivity contribution in [2.45, 2.75) is 6.55 Å². The van der Waals surface area contributed by atoms with Crippen LogP contribution in [0.3, 0.4) is 0 Å². The lowest BCUT2D eigenvalue weighted by Crippen LogP contribution is -2.32. The SMILES string of the molecule is C=C[Si](C)(C=O)C=O. The second kappa shape index (κ2) is 2.57. The van der Waals surface area contributed by atoms with Crippen LogP contribution in [0.5, 0.6) is 0 Å². The number of carbonyl (C=O) groups is 2. The fraction of sp³-hybridized carbons (Fsp3) is 0.200. The third-order valence-corrected chi connectivity index (χ3v) is 2.84. The van der Waals surface area contributed by atoms with Crippen molar-refractivity contribution in [2.24, 2.45) is 0 Å². The van der Waals surface area contributed by atoms with Gasteiger partial charge in [0.05, 0.1) is 0 Å². The minimum absolute atomic E-state index is 0.701. The zero-order chi connectivity index (χ0) is 6.62. The van der Waals surface area contributed by atoms with E-state index in [4.69, 9.17) is 0 Å². The summed E-state index contributed by atoms with van der Waals surface area (Å²) in [6.45, 7) is 5.01. The zero-order valence-electron chi connectivity index (χ0n) is 4.76. The Morgan fingerprint density at radius 1 is 1.38 bits per heavy atom. The maximum Gasteiger partial charge on any atom is 0.218 e. The lowest BCUT2D eigenvalue weighted by atomic mass is 11.3. The summed E-state index contributed by atoms with van der Waals surface area (Å²) in [5.41, 5.74) is 1.45. The van der Waals surface area contributed by atoms with Crippen LogP contribution in [-0.4, -0.2) is 19.9 Å². The molecule has 0 amide bonds. The van der Waals surface area contributed by atoms with Crippen LogP contribution in [0, 0.1) is 0 Å². The first-order chi connectivity index (χ1) is 3.68. The Kier molecular flexibility index (Phi) is 2.34. The normalized spacial score (nSPS) is 10.1. The fourth-order valence-corrected chi connectivity index (χ4v) is 0.372. The van der Waals surface area contributed by atoms with Crippen molar-refractivity contribution in [1.82, 2.24) is 0 Å². The monoisotopic (exact) mass is 128 g/mol. The van der Waals surface area contributed by atoms with Gasteiger partial charge in [-0.15, -0.1) is 6.58 Å². The van der Waals surface area contributed by atoms with Crippen LogP contribution in [-0.2, 0) is 9.59 Å². The van der Waals surface area contributed by atoms with Crippen molar-refractivity contribution < 1.29 is 9.59 Å². The van der Waals surface area contributed by atoms with Crippen molar-refractivity contribution in [3.05, 3.63) is 12.3 Å². The molecule has 0 heterocycles. The van der Waals surface area contributed by atoms with Crippen LogP contribution in [0.25, 0.3) is 0 Å². The molecule has 0 fully saturated rings. The first-order valence-corrected chi connectivity index (χ1v) is 4.98. The summed E-state index contributed by atoms with van der Waals surface area (Å²) in [5.74, 6) is 1.40. The second-order valence-corrected chi connectivity index (χ2v) is 5.42. The van der Waals surface area contributed by atoms with Gasteiger partial charge in [-0.25, -0.2) is 0 Å². The maximum atomic E-state index is 10.0. The highest BCUT2D eigenvalue weighted by atomic mass is 28.3. The van der Waals surface area contributed by atoms with E-state index in [9.17, 15) is 9.59 Å². The Morgan fingerprint density at radius 2 is 1.75 bits per heavy atom. The molecule has 0 aromatic rings. The van der Waals surface area contributed by atoms with Crippen molar-refractivity contribution >= 4 is 19.9 Å². The average Bonchev–Trinajstić information content (AvgIpc) is 1.87. The number of rotatable bonds is 3. The standard InChI is InChI=1S/C5H8O2Si/c1-3-8(2,4-6)5-7/h3-5H,1H2,2H3. The van der Waals surface area contributed by atoms with Crippen LogP contribution < -0.4 is 0 Å². The van der Waals surface area contributed by atoms with E-state index in [1.165, 1.54) is 5.70 Å². The van der Waals surface area contributed by atoms with E-state index in [2.05, 4.69) is 6.58 Å². The van der Waals surface area contributed by atoms with Crippen LogP contribution in [0.2, 0.25) is 6.55 Å². The molecule has 0 aromatic carbocycles. The van der Waals surface area contributed by atoms with Gasteiger partial charge in [-0.3, -0.25) is 0 Å². The van der Waals surface area contributed by atoms with Crippen LogP contribution >= 0.6 is 0 Å². The summed E-state index contributed by atoms with van der Waals surface area (Å²) in [5, 5.41) is 0. The van der Waals surface area contributed by atoms with Gasteiger partial charge >= 0.3 is 0 Å². The number of hydrogen-bond acceptors (Lipinski definition) is 2. The van der Waals surface area contributed by atoms with Gasteiger partial charge in [0, 0.05) is 0 Å². The average molecular weight is 128 g/mol. The van der Waals surface area contributed by atoms with Crippen molar-refractivity contribution in [3.63, 3.8) is 0 Å². The molecule has 2 nitrogen and oxygen atoms in total. The zero-order valence-corrected chi connectivity index (χ0v) is 5.76. The highest BCUT2D eigenvalue weighted by molar-refractivity contribution is 7.20. The van der Waals surface area contributed by atoms with E-state index in [1.807, 2.05) is 0 Å². The van der Waals surface area contributed by atoms with Gasteiger partial charge in [0.2, 0.25) is 8.07 Å². The summed E-state index contributed by atoms with van der Waals surface area (Å²) in [6.07, 6.45) is 0. The molecule has 0 atom stereocenters. The summed E-state index contributed by atoms with van der Waals surface area (Å²) >= 11 is 0. The molecule has 0 spiro atoms. The Balaban J connectivity index is 4.18. The summed E-state index contributed by atoms with van der Waals surface area (Å²) in [6, 6.07) is 0. The minimum atomic E-state index is -2.27. The molecule has 0 radical (unpaired) electrons. The van der Waals surface area contributed by atoms with E-state index in [0.717, 1.165) is 0 Å². The van der Waals surface area contributed by atoms with E-state index in [-0.39, 0.29) is 0 Å². The summed E-state index contributed by atoms with van der Waals surface area (Å²) in [4.78, 5) is 20.1. The predicted octanol–water partition coefficient (Wildman–Crippen LogP) is 0.334. The van der Waals surface area contributed by atoms with Crippen molar-refractivity contribution in [3.8, 4) is 0 Å². The molecule has 0 aliphatic rings. The van der Waals surface area contributed by atoms with E-state index in [0.29, 0.717) is 11.8 Å². The Hall–Kier alpha value is -0.703. The van der Waals surface area contributed by atoms with Crippen molar-refractivity contribution in [2.75, 3.05) is 0 Å². The second-order valence-electron chi connectivity index (χ2n) is 1.81. The van der Waals surface area contributed by atoms with Crippen LogP contribution in [0.1, 0.15) is 0 Å². The molecule has 0 N–H and O–H groups in total. The quantitative estimate of drug-likeness (QED) is 0.405. The van der Waals surface area contributed by atoms with E-state index >= 15 is 0 Å². The third kappa shape index (κ3) is 1.42. The summed E-state index contributed by atoms with van der Waals surface area (Å²) < 4.78 is 0. The largest absolute Gasteiger partial charge is 0.308 e. The lowest BCUT2D eigenvalue weighted by Gasteiger charge is -2.00. The number of carbonyl (C=O) groups excluding carboxylic acids is 2. The molecule has 0 saturated carbocycles. The van der Waals surface area contributed by atoms with Crippen LogP contribution in [0.15, 0.2) is 12.3 Å². The fourth-order valence-electron chi connectivity index (χ4n) is 0.124. The van der Waals surface area contributed by atoms with Gasteiger partial charge in [0.25, 0.3) is 0 Å². The van der Waals surface area contributed by atoms with Gasteiger partial charge in [-0.1, -0.05) is 12.2 Å². The van der Waals surface area contributed by atoms with Gasteiger partial charge in [0.1, 0.15) is 11.8 Å². The van der Waals surface area contributed by atoms with Crippen LogP contribution in [0.4, 0.5) is 0 Å². The molecule has 0 rings (SSSR count). The van der Waals surface area contributed by atoms with E-state index < -0.39 is 8.07 Å². The molecule has 0 aliphatic heterocycles. The topological polar surface area (TPSA) is 34.1 Å². The highest BCUT2D eigenvalue weighted by Crippen LogP contribution is 1.92. The molecular weight excluding hydrogens is 120 g/mol. The van der Waals surface area contributed by atoms with E-state index in [1.54, 1.807) is 6.55 Å². The Labute approximate surface area is 49.2 Å². The maximum absolute atomic E-state index is 10.0. The van der Waals surface area contributed by atoms with Gasteiger partial charge in [-0.05, 0) is 0 Å². The molecule has 44 valence electrons. The van der Waals surface area contributed by atoms with Crippen molar-refractivity contribution in [1.29, 1.82) is 0 Å².